The van der Waals surface area contributed by atoms with Crippen LogP contribution in [0.4, 0.5) is 5.82 Å². The number of nitrogens with two attached hydrogens (primary N) is 1. The van der Waals surface area contributed by atoms with Crippen molar-refractivity contribution in [2.75, 3.05) is 24.6 Å². The van der Waals surface area contributed by atoms with E-state index in [1.807, 2.05) is 0 Å². The van der Waals surface area contributed by atoms with Crippen LogP contribution >= 0.6 is 0 Å². The van der Waals surface area contributed by atoms with Crippen molar-refractivity contribution in [2.24, 2.45) is 5.14 Å². The summed E-state index contributed by atoms with van der Waals surface area (Å²) >= 11 is 0. The molecule has 1 saturated heterocycles. The van der Waals surface area contributed by atoms with Crippen LogP contribution in [0.15, 0.2) is 29.6 Å². The van der Waals surface area contributed by atoms with Crippen LogP contribution in [0, 0.1) is 0 Å². The second-order valence-corrected chi connectivity index (χ2v) is 8.23. The Morgan fingerprint density at radius 1 is 1.46 bits per heavy atom. The monoisotopic (exact) mass is 385 g/mol. The maximum atomic E-state index is 11.4. The number of hydrogen-bond acceptors (Lipinski definition) is 7. The van der Waals surface area contributed by atoms with Gasteiger partial charge >= 0.3 is 0 Å². The van der Waals surface area contributed by atoms with E-state index in [2.05, 4.69) is 29.0 Å². The summed E-state index contributed by atoms with van der Waals surface area (Å²) in [5.41, 5.74) is 0.633. The van der Waals surface area contributed by atoms with Crippen molar-refractivity contribution in [2.45, 2.75) is 30.3 Å². The number of aliphatic hydroxyl groups excluding tert-OH is 1. The Labute approximate surface area is 151 Å². The summed E-state index contributed by atoms with van der Waals surface area (Å²) in [6.45, 7) is 5.29. The lowest BCUT2D eigenvalue weighted by Gasteiger charge is -2.43. The van der Waals surface area contributed by atoms with Crippen molar-refractivity contribution in [1.29, 1.82) is 0 Å². The molecule has 10 nitrogen and oxygen atoms in total. The number of aromatic nitrogens is 2. The predicted octanol–water partition coefficient (Wildman–Crippen LogP) is -0.768. The number of nitrogens with one attached hydrogen (secondary N) is 1. The lowest BCUT2D eigenvalue weighted by atomic mass is 9.99. The summed E-state index contributed by atoms with van der Waals surface area (Å²) in [5, 5.41) is 24.9. The lowest BCUT2D eigenvalue weighted by molar-refractivity contribution is -0.122. The van der Waals surface area contributed by atoms with Gasteiger partial charge in [0.05, 0.1) is 17.0 Å². The quantitative estimate of drug-likeness (QED) is 0.503. The smallest absolute Gasteiger partial charge is 0.290 e. The molecule has 0 radical (unpaired) electrons. The van der Waals surface area contributed by atoms with E-state index in [0.29, 0.717) is 6.54 Å². The van der Waals surface area contributed by atoms with Gasteiger partial charge in [-0.25, -0.2) is 18.5 Å². The Hall–Kier alpha value is -2.21. The Morgan fingerprint density at radius 2 is 2.12 bits per heavy atom. The summed E-state index contributed by atoms with van der Waals surface area (Å²) in [7, 11) is -3.75. The zero-order valence-corrected chi connectivity index (χ0v) is 15.3. The first-order valence-corrected chi connectivity index (χ1v) is 9.37. The molecular weight excluding hydrogens is 362 g/mol. The molecule has 1 aliphatic heterocycles. The number of primary sulfonamides is 1. The highest BCUT2D eigenvalue weighted by atomic mass is 32.2. The molecule has 3 rings (SSSR count). The Bertz CT molecular complexity index is 880. The van der Waals surface area contributed by atoms with Gasteiger partial charge in [-0.3, -0.25) is 4.79 Å². The maximum absolute atomic E-state index is 11.4. The molecule has 0 amide bonds. The minimum absolute atomic E-state index is 0.0424. The number of hydrogen-bond donors (Lipinski definition) is 4. The van der Waals surface area contributed by atoms with Crippen molar-refractivity contribution < 1.29 is 23.4 Å². The topological polar surface area (TPSA) is 150 Å². The van der Waals surface area contributed by atoms with Crippen molar-refractivity contribution in [3.05, 3.63) is 24.7 Å². The molecular formula is C15H23N5O5S. The van der Waals surface area contributed by atoms with Gasteiger partial charge in [0.2, 0.25) is 10.0 Å². The molecule has 2 aromatic rings. The van der Waals surface area contributed by atoms with Crippen LogP contribution < -0.4 is 15.4 Å². The standard InChI is InChI=1S/C14H21N5O3S.CH2O2/c1-14(2)8-18(5-10(7-20)17-14)13-12-4-3-11(23(15,21)22)6-19(12)9-16-13;2-1-3/h3-4,6,9-10,17,20H,5,7-8H2,1-2H3,(H2,15,21,22);1H,(H,2,3). The fourth-order valence-corrected chi connectivity index (χ4v) is 3.61. The molecule has 1 atom stereocenters. The van der Waals surface area contributed by atoms with Crippen LogP contribution in [0.3, 0.4) is 0 Å². The molecule has 11 heteroatoms. The number of fused-ring (bicyclic) bond motifs is 1. The SMILES string of the molecule is CC1(C)CN(c2ncn3cc(S(N)(=O)=O)ccc23)CC(CO)N1.O=CO. The fourth-order valence-electron chi connectivity index (χ4n) is 3.09. The van der Waals surface area contributed by atoms with Crippen LogP contribution in [0.5, 0.6) is 0 Å². The van der Waals surface area contributed by atoms with Gasteiger partial charge in [0.15, 0.2) is 5.82 Å². The van der Waals surface area contributed by atoms with Gasteiger partial charge in [-0.1, -0.05) is 0 Å². The Morgan fingerprint density at radius 3 is 2.69 bits per heavy atom. The van der Waals surface area contributed by atoms with E-state index >= 15 is 0 Å². The van der Waals surface area contributed by atoms with E-state index in [-0.39, 0.29) is 29.6 Å². The second-order valence-electron chi connectivity index (χ2n) is 6.66. The van der Waals surface area contributed by atoms with E-state index in [4.69, 9.17) is 15.0 Å². The van der Waals surface area contributed by atoms with Gasteiger partial charge in [0.1, 0.15) is 6.33 Å². The number of piperazine rings is 1. The van der Waals surface area contributed by atoms with Gasteiger partial charge in [0, 0.05) is 30.9 Å². The lowest BCUT2D eigenvalue weighted by Crippen LogP contribution is -2.63. The maximum Gasteiger partial charge on any atom is 0.290 e. The molecule has 0 bridgehead atoms. The zero-order valence-electron chi connectivity index (χ0n) is 14.5. The summed E-state index contributed by atoms with van der Waals surface area (Å²) in [6.07, 6.45) is 3.03. The number of imidazole rings is 1. The number of rotatable bonds is 3. The van der Waals surface area contributed by atoms with Gasteiger partial charge < -0.3 is 24.8 Å². The van der Waals surface area contributed by atoms with Gasteiger partial charge in [-0.05, 0) is 26.0 Å². The largest absolute Gasteiger partial charge is 0.483 e. The molecule has 0 saturated carbocycles. The third kappa shape index (κ3) is 4.49. The van der Waals surface area contributed by atoms with Gasteiger partial charge in [0.25, 0.3) is 6.47 Å². The number of nitrogens with zero attached hydrogens (tertiary/aromatic N) is 3. The number of carbonyl (C=O) groups is 1. The molecule has 1 fully saturated rings. The molecule has 2 aromatic heterocycles. The average Bonchev–Trinajstić information content (AvgIpc) is 2.96. The van der Waals surface area contributed by atoms with Crippen LogP contribution in [-0.4, -0.2) is 65.8 Å². The molecule has 1 unspecified atom stereocenters. The van der Waals surface area contributed by atoms with E-state index < -0.39 is 10.0 Å². The third-order valence-electron chi connectivity index (χ3n) is 3.95. The first-order valence-electron chi connectivity index (χ1n) is 7.82. The van der Waals surface area contributed by atoms with E-state index in [1.54, 1.807) is 16.8 Å². The van der Waals surface area contributed by atoms with Gasteiger partial charge in [-0.15, -0.1) is 0 Å². The Kier molecular flexibility index (Phi) is 5.86. The second kappa shape index (κ2) is 7.58. The summed E-state index contributed by atoms with van der Waals surface area (Å²) in [4.78, 5) is 14.9. The van der Waals surface area contributed by atoms with Crippen LogP contribution in [0.2, 0.25) is 0 Å². The van der Waals surface area contributed by atoms with E-state index in [1.165, 1.54) is 12.3 Å². The zero-order chi connectivity index (χ0) is 19.5. The minimum Gasteiger partial charge on any atom is -0.483 e. The molecule has 0 aliphatic carbocycles. The first kappa shape index (κ1) is 20.1. The summed E-state index contributed by atoms with van der Waals surface area (Å²) in [5.74, 6) is 0.763. The van der Waals surface area contributed by atoms with Crippen molar-refractivity contribution >= 4 is 27.8 Å². The van der Waals surface area contributed by atoms with E-state index in [0.717, 1.165) is 17.9 Å². The molecule has 0 aromatic carbocycles. The Balaban J connectivity index is 0.000000758. The van der Waals surface area contributed by atoms with Gasteiger partial charge in [-0.2, -0.15) is 0 Å². The van der Waals surface area contributed by atoms with Crippen molar-refractivity contribution in [3.8, 4) is 0 Å². The number of carboxylic acid groups (broad SMARTS) is 1. The minimum atomic E-state index is -3.75. The van der Waals surface area contributed by atoms with Crippen molar-refractivity contribution in [1.82, 2.24) is 14.7 Å². The number of sulfonamides is 1. The third-order valence-corrected chi connectivity index (χ3v) is 4.85. The van der Waals surface area contributed by atoms with Crippen molar-refractivity contribution in [3.63, 3.8) is 0 Å². The summed E-state index contributed by atoms with van der Waals surface area (Å²) < 4.78 is 24.6. The number of aliphatic hydroxyl groups is 1. The highest BCUT2D eigenvalue weighted by molar-refractivity contribution is 7.89. The van der Waals surface area contributed by atoms with Crippen LogP contribution in [-0.2, 0) is 14.8 Å². The molecule has 144 valence electrons. The summed E-state index contributed by atoms with van der Waals surface area (Å²) in [6, 6.07) is 3.14. The highest BCUT2D eigenvalue weighted by Crippen LogP contribution is 2.25. The first-order chi connectivity index (χ1) is 12.1. The van der Waals surface area contributed by atoms with E-state index in [9.17, 15) is 13.5 Å². The molecule has 3 heterocycles. The fraction of sp³-hybridized carbons (Fsp3) is 0.467. The normalized spacial score (nSPS) is 19.7. The molecule has 1 aliphatic rings. The predicted molar refractivity (Wildman–Crippen MR) is 95.6 cm³/mol. The average molecular weight is 385 g/mol. The molecule has 0 spiro atoms. The molecule has 26 heavy (non-hydrogen) atoms. The molecule has 5 N–H and O–H groups in total. The van der Waals surface area contributed by atoms with Crippen LogP contribution in [0.25, 0.3) is 5.52 Å². The highest BCUT2D eigenvalue weighted by Gasteiger charge is 2.33. The number of anilines is 1. The van der Waals surface area contributed by atoms with Crippen LogP contribution in [0.1, 0.15) is 13.8 Å². The number of pyridine rings is 1.